The van der Waals surface area contributed by atoms with Gasteiger partial charge in [0.2, 0.25) is 0 Å². The third-order valence-electron chi connectivity index (χ3n) is 2.22. The predicted molar refractivity (Wildman–Crippen MR) is 57.0 cm³/mol. The molecule has 1 heterocycles. The summed E-state index contributed by atoms with van der Waals surface area (Å²) in [7, 11) is 0. The highest BCUT2D eigenvalue weighted by molar-refractivity contribution is 5.13. The third kappa shape index (κ3) is 3.85. The predicted octanol–water partition coefficient (Wildman–Crippen LogP) is 1.50. The summed E-state index contributed by atoms with van der Waals surface area (Å²) in [4.78, 5) is 3.97. The molecular formula is C11H18N2O. The number of aliphatic hydroxyl groups is 1. The van der Waals surface area contributed by atoms with E-state index in [0.717, 1.165) is 13.0 Å². The van der Waals surface area contributed by atoms with E-state index in [2.05, 4.69) is 17.2 Å². The second-order valence-corrected chi connectivity index (χ2v) is 3.59. The summed E-state index contributed by atoms with van der Waals surface area (Å²) >= 11 is 0. The van der Waals surface area contributed by atoms with Crippen LogP contribution in [0.3, 0.4) is 0 Å². The molecule has 0 spiro atoms. The van der Waals surface area contributed by atoms with Crippen molar-refractivity contribution in [2.45, 2.75) is 32.4 Å². The fourth-order valence-electron chi connectivity index (χ4n) is 1.28. The normalized spacial score (nSPS) is 15.1. The molecule has 3 heteroatoms. The first-order valence-electron chi connectivity index (χ1n) is 5.01. The summed E-state index contributed by atoms with van der Waals surface area (Å²) in [6.07, 6.45) is 4.15. The molecule has 0 saturated heterocycles. The Kier molecular flexibility index (Phi) is 4.56. The van der Waals surface area contributed by atoms with Gasteiger partial charge in [0.1, 0.15) is 0 Å². The second kappa shape index (κ2) is 5.73. The van der Waals surface area contributed by atoms with Crippen LogP contribution in [0.4, 0.5) is 0 Å². The number of aliphatic hydroxyl groups excluding tert-OH is 1. The number of rotatable bonds is 5. The standard InChI is InChI=1S/C11H18N2O/c1-9(14)3-8-13-10(2)11-4-6-12-7-5-11/h4-7,9-10,13-14H,3,8H2,1-2H3/t9-,10+/m1/s1. The van der Waals surface area contributed by atoms with Crippen LogP contribution in [-0.4, -0.2) is 22.7 Å². The maximum absolute atomic E-state index is 9.09. The molecule has 0 bridgehead atoms. The van der Waals surface area contributed by atoms with Crippen molar-refractivity contribution in [2.75, 3.05) is 6.54 Å². The molecule has 0 aliphatic carbocycles. The number of pyridine rings is 1. The minimum absolute atomic E-state index is 0.229. The molecule has 0 radical (unpaired) electrons. The van der Waals surface area contributed by atoms with Crippen LogP contribution < -0.4 is 5.32 Å². The molecule has 14 heavy (non-hydrogen) atoms. The number of hydrogen-bond acceptors (Lipinski definition) is 3. The van der Waals surface area contributed by atoms with E-state index in [4.69, 9.17) is 5.11 Å². The largest absolute Gasteiger partial charge is 0.393 e. The van der Waals surface area contributed by atoms with E-state index in [1.807, 2.05) is 12.1 Å². The summed E-state index contributed by atoms with van der Waals surface area (Å²) in [5, 5.41) is 12.4. The summed E-state index contributed by atoms with van der Waals surface area (Å²) in [5.41, 5.74) is 1.23. The lowest BCUT2D eigenvalue weighted by atomic mass is 10.1. The highest BCUT2D eigenvalue weighted by Gasteiger charge is 2.03. The average Bonchev–Trinajstić information content (AvgIpc) is 2.18. The maximum Gasteiger partial charge on any atom is 0.0524 e. The van der Waals surface area contributed by atoms with Gasteiger partial charge in [-0.2, -0.15) is 0 Å². The van der Waals surface area contributed by atoms with Crippen LogP contribution >= 0.6 is 0 Å². The van der Waals surface area contributed by atoms with Crippen molar-refractivity contribution in [3.05, 3.63) is 30.1 Å². The van der Waals surface area contributed by atoms with Crippen molar-refractivity contribution in [3.63, 3.8) is 0 Å². The van der Waals surface area contributed by atoms with Gasteiger partial charge in [0.05, 0.1) is 6.10 Å². The van der Waals surface area contributed by atoms with Gasteiger partial charge in [-0.05, 0) is 44.5 Å². The molecule has 1 rings (SSSR count). The number of nitrogens with zero attached hydrogens (tertiary/aromatic N) is 1. The Hall–Kier alpha value is -0.930. The SMILES string of the molecule is C[C@H](NCC[C@@H](C)O)c1ccncc1. The zero-order valence-electron chi connectivity index (χ0n) is 8.77. The fraction of sp³-hybridized carbons (Fsp3) is 0.545. The van der Waals surface area contributed by atoms with Crippen LogP contribution in [0.15, 0.2) is 24.5 Å². The highest BCUT2D eigenvalue weighted by Crippen LogP contribution is 2.09. The summed E-state index contributed by atoms with van der Waals surface area (Å²) in [5.74, 6) is 0. The maximum atomic E-state index is 9.09. The molecule has 3 nitrogen and oxygen atoms in total. The molecule has 2 atom stereocenters. The first-order valence-corrected chi connectivity index (χ1v) is 5.01. The smallest absolute Gasteiger partial charge is 0.0524 e. The molecule has 0 aliphatic heterocycles. The van der Waals surface area contributed by atoms with E-state index in [1.54, 1.807) is 19.3 Å². The monoisotopic (exact) mass is 194 g/mol. The van der Waals surface area contributed by atoms with Gasteiger partial charge >= 0.3 is 0 Å². The molecule has 0 aromatic carbocycles. The Bertz CT molecular complexity index is 249. The van der Waals surface area contributed by atoms with Gasteiger partial charge in [-0.25, -0.2) is 0 Å². The number of hydrogen-bond donors (Lipinski definition) is 2. The van der Waals surface area contributed by atoms with Crippen molar-refractivity contribution in [2.24, 2.45) is 0 Å². The van der Waals surface area contributed by atoms with Crippen molar-refractivity contribution in [1.82, 2.24) is 10.3 Å². The zero-order chi connectivity index (χ0) is 10.4. The molecule has 0 fully saturated rings. The van der Waals surface area contributed by atoms with Crippen LogP contribution in [-0.2, 0) is 0 Å². The lowest BCUT2D eigenvalue weighted by Crippen LogP contribution is -2.22. The minimum atomic E-state index is -0.229. The minimum Gasteiger partial charge on any atom is -0.393 e. The van der Waals surface area contributed by atoms with Crippen LogP contribution in [0.2, 0.25) is 0 Å². The molecular weight excluding hydrogens is 176 g/mol. The van der Waals surface area contributed by atoms with Crippen LogP contribution in [0.25, 0.3) is 0 Å². The van der Waals surface area contributed by atoms with Gasteiger partial charge in [-0.3, -0.25) is 4.98 Å². The van der Waals surface area contributed by atoms with E-state index in [-0.39, 0.29) is 6.10 Å². The van der Waals surface area contributed by atoms with E-state index in [0.29, 0.717) is 6.04 Å². The summed E-state index contributed by atoms with van der Waals surface area (Å²) < 4.78 is 0. The summed E-state index contributed by atoms with van der Waals surface area (Å²) in [6.45, 7) is 4.75. The Balaban J connectivity index is 2.32. The van der Waals surface area contributed by atoms with Crippen LogP contribution in [0.5, 0.6) is 0 Å². The molecule has 1 aromatic heterocycles. The van der Waals surface area contributed by atoms with E-state index in [1.165, 1.54) is 5.56 Å². The van der Waals surface area contributed by atoms with Crippen LogP contribution in [0.1, 0.15) is 31.9 Å². The fourth-order valence-corrected chi connectivity index (χ4v) is 1.28. The quantitative estimate of drug-likeness (QED) is 0.746. The van der Waals surface area contributed by atoms with Gasteiger partial charge in [-0.15, -0.1) is 0 Å². The van der Waals surface area contributed by atoms with Gasteiger partial charge < -0.3 is 10.4 Å². The first kappa shape index (κ1) is 11.1. The zero-order valence-corrected chi connectivity index (χ0v) is 8.77. The van der Waals surface area contributed by atoms with Gasteiger partial charge in [0.15, 0.2) is 0 Å². The second-order valence-electron chi connectivity index (χ2n) is 3.59. The number of nitrogens with one attached hydrogen (secondary N) is 1. The molecule has 0 amide bonds. The third-order valence-corrected chi connectivity index (χ3v) is 2.22. The highest BCUT2D eigenvalue weighted by atomic mass is 16.3. The molecule has 0 saturated carbocycles. The van der Waals surface area contributed by atoms with Crippen molar-refractivity contribution in [1.29, 1.82) is 0 Å². The Morgan fingerprint density at radius 3 is 2.57 bits per heavy atom. The van der Waals surface area contributed by atoms with Crippen molar-refractivity contribution in [3.8, 4) is 0 Å². The topological polar surface area (TPSA) is 45.1 Å². The molecule has 0 aliphatic rings. The molecule has 0 unspecified atom stereocenters. The van der Waals surface area contributed by atoms with Gasteiger partial charge in [0.25, 0.3) is 0 Å². The molecule has 1 aromatic rings. The van der Waals surface area contributed by atoms with E-state index >= 15 is 0 Å². The van der Waals surface area contributed by atoms with Gasteiger partial charge in [-0.1, -0.05) is 0 Å². The van der Waals surface area contributed by atoms with Crippen molar-refractivity contribution >= 4 is 0 Å². The Morgan fingerprint density at radius 2 is 2.00 bits per heavy atom. The van der Waals surface area contributed by atoms with E-state index in [9.17, 15) is 0 Å². The van der Waals surface area contributed by atoms with Crippen molar-refractivity contribution < 1.29 is 5.11 Å². The van der Waals surface area contributed by atoms with Crippen LogP contribution in [0, 0.1) is 0 Å². The van der Waals surface area contributed by atoms with Gasteiger partial charge in [0, 0.05) is 18.4 Å². The first-order chi connectivity index (χ1) is 6.70. The molecule has 2 N–H and O–H groups in total. The number of aromatic nitrogens is 1. The molecule has 78 valence electrons. The Morgan fingerprint density at radius 1 is 1.36 bits per heavy atom. The lowest BCUT2D eigenvalue weighted by Gasteiger charge is -2.14. The Labute approximate surface area is 85.2 Å². The lowest BCUT2D eigenvalue weighted by molar-refractivity contribution is 0.182. The van der Waals surface area contributed by atoms with E-state index < -0.39 is 0 Å². The average molecular weight is 194 g/mol. The summed E-state index contributed by atoms with van der Waals surface area (Å²) in [6, 6.07) is 4.32.